The van der Waals surface area contributed by atoms with Crippen molar-refractivity contribution in [1.29, 1.82) is 0 Å². The molecule has 0 aliphatic heterocycles. The Kier molecular flexibility index (Phi) is 20.7. The summed E-state index contributed by atoms with van der Waals surface area (Å²) < 4.78 is 17.8. The first-order valence-electron chi connectivity index (χ1n) is 14.9. The van der Waals surface area contributed by atoms with Crippen molar-refractivity contribution in [1.82, 2.24) is 0 Å². The van der Waals surface area contributed by atoms with Gasteiger partial charge in [-0.15, -0.1) is 0 Å². The molecule has 4 aliphatic carbocycles. The molecule has 232 valence electrons. The van der Waals surface area contributed by atoms with Crippen LogP contribution in [0.4, 0.5) is 0 Å². The summed E-state index contributed by atoms with van der Waals surface area (Å²) in [6.07, 6.45) is 4.13. The van der Waals surface area contributed by atoms with Gasteiger partial charge in [0.1, 0.15) is 0 Å². The smallest absolute Gasteiger partial charge is 0.550 e. The molecule has 0 saturated heterocycles. The second-order valence-electron chi connectivity index (χ2n) is 13.4. The average molecular weight is 671 g/mol. The normalized spacial score (nSPS) is 37.0. The Bertz CT molecular complexity index is 1020. The van der Waals surface area contributed by atoms with E-state index in [1.165, 1.54) is 0 Å². The van der Waals surface area contributed by atoms with Crippen LogP contribution < -0.4 is 139 Å². The number of carboxylic acid groups (broad SMARTS) is 4. The summed E-state index contributed by atoms with van der Waals surface area (Å²) in [7, 11) is 0. The van der Waals surface area contributed by atoms with E-state index in [1.807, 2.05) is 6.92 Å². The quantitative estimate of drug-likeness (QED) is 0.169. The molecule has 4 fully saturated rings. The third-order valence-electron chi connectivity index (χ3n) is 11.5. The molecule has 0 unspecified atom stereocenters. The van der Waals surface area contributed by atoms with Crippen molar-refractivity contribution < 1.29 is 172 Å². The van der Waals surface area contributed by atoms with Crippen LogP contribution in [0.15, 0.2) is 0 Å². The fourth-order valence-corrected chi connectivity index (χ4v) is 9.71. The molecule has 11 nitrogen and oxygen atoms in total. The predicted octanol–water partition coefficient (Wildman–Crippen LogP) is -13.5. The molecule has 4 rings (SSSR count). The first kappa shape index (κ1) is 46.8. The standard InChI is InChI=1S/C30H46O11.4Na/c1-16(4-7-24(31)32)19-5-6-20-28-21(12-23(30(19,20)3)41-15-27(37)38)29(2)9-8-18(39-13-25(33)34)10-17(29)11-22(28)40-14-26(35)36;;;;/h16-23,28H,4-15H2,1-3H3,(H,31,32)(H,33,34)(H,35,36)(H,37,38);;;;/q;4*+1/p-4/t16-,17+,18-,19-,20+,21+,22-,23+,28+,29+,30-;;;;/m1..../s1. The van der Waals surface area contributed by atoms with Gasteiger partial charge in [-0.3, -0.25) is 0 Å². The van der Waals surface area contributed by atoms with E-state index in [4.69, 9.17) is 14.2 Å². The second-order valence-corrected chi connectivity index (χ2v) is 13.4. The minimum atomic E-state index is -1.31. The van der Waals surface area contributed by atoms with Gasteiger partial charge in [0.05, 0.1) is 56.0 Å². The Morgan fingerprint density at radius 2 is 1.31 bits per heavy atom. The van der Waals surface area contributed by atoms with Gasteiger partial charge in [0, 0.05) is 11.4 Å². The molecule has 4 aliphatic rings. The molecule has 0 N–H and O–H groups in total. The van der Waals surface area contributed by atoms with Gasteiger partial charge in [-0.2, -0.15) is 0 Å². The van der Waals surface area contributed by atoms with Gasteiger partial charge >= 0.3 is 118 Å². The number of aliphatic carboxylic acids is 4. The number of hydrogen-bond donors (Lipinski definition) is 0. The molecule has 0 radical (unpaired) electrons. The summed E-state index contributed by atoms with van der Waals surface area (Å²) >= 11 is 0. The monoisotopic (exact) mass is 670 g/mol. The molecule has 0 spiro atoms. The molecule has 0 amide bonds. The van der Waals surface area contributed by atoms with Crippen LogP contribution in [-0.4, -0.2) is 62.0 Å². The molecular formula is C30H42Na4O11. The van der Waals surface area contributed by atoms with Crippen LogP contribution in [0, 0.1) is 46.3 Å². The molecule has 0 bridgehead atoms. The van der Waals surface area contributed by atoms with Crippen molar-refractivity contribution in [2.45, 2.75) is 96.9 Å². The largest absolute Gasteiger partial charge is 1.00 e. The van der Waals surface area contributed by atoms with Crippen molar-refractivity contribution in [3.05, 3.63) is 0 Å². The zero-order valence-electron chi connectivity index (χ0n) is 28.2. The van der Waals surface area contributed by atoms with Gasteiger partial charge in [-0.05, 0) is 98.7 Å². The Morgan fingerprint density at radius 1 is 0.733 bits per heavy atom. The van der Waals surface area contributed by atoms with Gasteiger partial charge in [0.15, 0.2) is 0 Å². The molecule has 45 heavy (non-hydrogen) atoms. The maximum Gasteiger partial charge on any atom is 1.00 e. The SMILES string of the molecule is C[C@H](CCC(=O)[O-])[C@H]1CC[C@H]2[C@@H]3[C@H](OCC(=O)[O-])C[C@@H]4C[C@H](OCC(=O)[O-])CC[C@]4(C)[C@H]3C[C@H](OCC(=O)[O-])[C@]12C.[Na+].[Na+].[Na+].[Na+]. The van der Waals surface area contributed by atoms with Crippen molar-refractivity contribution in [3.63, 3.8) is 0 Å². The van der Waals surface area contributed by atoms with Gasteiger partial charge in [-0.1, -0.05) is 20.8 Å². The molecule has 0 aromatic heterocycles. The Morgan fingerprint density at radius 3 is 1.89 bits per heavy atom. The van der Waals surface area contributed by atoms with E-state index >= 15 is 0 Å². The Hall–Kier alpha value is 1.76. The number of hydrogen-bond acceptors (Lipinski definition) is 11. The summed E-state index contributed by atoms with van der Waals surface area (Å²) in [5, 5.41) is 45.2. The van der Waals surface area contributed by atoms with Crippen LogP contribution >= 0.6 is 0 Å². The van der Waals surface area contributed by atoms with Crippen LogP contribution in [0.1, 0.15) is 78.6 Å². The number of carbonyl (C=O) groups excluding carboxylic acids is 4. The number of ether oxygens (including phenoxy) is 3. The minimum absolute atomic E-state index is 0. The maximum absolute atomic E-state index is 11.5. The topological polar surface area (TPSA) is 188 Å². The van der Waals surface area contributed by atoms with E-state index in [1.54, 1.807) is 0 Å². The first-order valence-corrected chi connectivity index (χ1v) is 14.9. The first-order chi connectivity index (χ1) is 19.3. The number of carbonyl (C=O) groups is 4. The van der Waals surface area contributed by atoms with Gasteiger partial charge in [0.2, 0.25) is 0 Å². The second kappa shape index (κ2) is 20.0. The number of carboxylic acids is 4. The van der Waals surface area contributed by atoms with Crippen molar-refractivity contribution in [3.8, 4) is 0 Å². The third-order valence-corrected chi connectivity index (χ3v) is 11.5. The van der Waals surface area contributed by atoms with Crippen molar-refractivity contribution >= 4 is 23.9 Å². The van der Waals surface area contributed by atoms with E-state index in [2.05, 4.69) is 13.8 Å². The summed E-state index contributed by atoms with van der Waals surface area (Å²) in [6.45, 7) is 4.81. The van der Waals surface area contributed by atoms with E-state index in [0.717, 1.165) is 19.3 Å². The van der Waals surface area contributed by atoms with E-state index in [9.17, 15) is 39.6 Å². The number of rotatable bonds is 13. The van der Waals surface area contributed by atoms with E-state index in [0.29, 0.717) is 32.1 Å². The van der Waals surface area contributed by atoms with Crippen LogP contribution in [0.5, 0.6) is 0 Å². The minimum Gasteiger partial charge on any atom is -0.550 e. The van der Waals surface area contributed by atoms with Gasteiger partial charge in [0.25, 0.3) is 0 Å². The zero-order valence-corrected chi connectivity index (χ0v) is 36.2. The molecule has 0 heterocycles. The van der Waals surface area contributed by atoms with Crippen LogP contribution in [-0.2, 0) is 33.4 Å². The zero-order chi connectivity index (χ0) is 30.1. The molecular weight excluding hydrogens is 628 g/mol. The summed E-state index contributed by atoms with van der Waals surface area (Å²) in [4.78, 5) is 45.2. The fraction of sp³-hybridized carbons (Fsp3) is 0.867. The van der Waals surface area contributed by atoms with Crippen LogP contribution in [0.25, 0.3) is 0 Å². The summed E-state index contributed by atoms with van der Waals surface area (Å²) in [5.74, 6) is -4.75. The molecule has 0 aromatic rings. The fourth-order valence-electron chi connectivity index (χ4n) is 9.71. The maximum atomic E-state index is 11.5. The van der Waals surface area contributed by atoms with Crippen molar-refractivity contribution in [2.75, 3.05) is 19.8 Å². The summed E-state index contributed by atoms with van der Waals surface area (Å²) in [6, 6.07) is 0. The molecule has 4 saturated carbocycles. The van der Waals surface area contributed by atoms with E-state index in [-0.39, 0.29) is 178 Å². The van der Waals surface area contributed by atoms with Crippen LogP contribution in [0.2, 0.25) is 0 Å². The number of fused-ring (bicyclic) bond motifs is 5. The molecule has 0 aromatic carbocycles. The Balaban J connectivity index is 0.00000484. The van der Waals surface area contributed by atoms with E-state index < -0.39 is 55.2 Å². The van der Waals surface area contributed by atoms with Gasteiger partial charge < -0.3 is 53.8 Å². The molecule has 11 atom stereocenters. The van der Waals surface area contributed by atoms with Crippen LogP contribution in [0.3, 0.4) is 0 Å². The predicted molar refractivity (Wildman–Crippen MR) is 134 cm³/mol. The average Bonchev–Trinajstić information content (AvgIpc) is 3.25. The third kappa shape index (κ3) is 10.6. The van der Waals surface area contributed by atoms with Crippen molar-refractivity contribution in [2.24, 2.45) is 46.3 Å². The molecule has 15 heteroatoms. The Labute approximate surface area is 354 Å². The van der Waals surface area contributed by atoms with Gasteiger partial charge in [-0.25, -0.2) is 0 Å². The summed E-state index contributed by atoms with van der Waals surface area (Å²) in [5.41, 5.74) is -0.681.